The number of fused-ring (bicyclic) bond motifs is 2. The van der Waals surface area contributed by atoms with Crippen molar-refractivity contribution < 1.29 is 14.3 Å². The molecule has 0 aliphatic carbocycles. The van der Waals surface area contributed by atoms with Gasteiger partial charge in [-0.15, -0.1) is 0 Å². The Hall–Kier alpha value is -3.51. The number of aromatic nitrogens is 1. The Morgan fingerprint density at radius 2 is 1.73 bits per heavy atom. The summed E-state index contributed by atoms with van der Waals surface area (Å²) in [6, 6.07) is 20.2. The third-order valence-electron chi connectivity index (χ3n) is 5.18. The van der Waals surface area contributed by atoms with Gasteiger partial charge in [-0.1, -0.05) is 28.1 Å². The number of H-pyrrole nitrogens is 1. The summed E-state index contributed by atoms with van der Waals surface area (Å²) in [5.74, 6) is 0.629. The molecule has 5 aromatic rings. The molecule has 0 bridgehead atoms. The minimum Gasteiger partial charge on any atom is -0.506 e. The lowest BCUT2D eigenvalue weighted by Gasteiger charge is -2.09. The summed E-state index contributed by atoms with van der Waals surface area (Å²) in [7, 11) is 1.61. The maximum atomic E-state index is 13.0. The van der Waals surface area contributed by atoms with Gasteiger partial charge < -0.3 is 19.2 Å². The average molecular weight is 462 g/mol. The number of aromatic hydroxyl groups is 1. The first-order valence-corrected chi connectivity index (χ1v) is 10.1. The van der Waals surface area contributed by atoms with Gasteiger partial charge in [-0.2, -0.15) is 0 Å². The molecule has 0 unspecified atom stereocenters. The molecule has 148 valence electrons. The first kappa shape index (κ1) is 18.5. The lowest BCUT2D eigenvalue weighted by Crippen LogP contribution is -2.04. The fourth-order valence-electron chi connectivity index (χ4n) is 3.75. The van der Waals surface area contributed by atoms with Crippen LogP contribution in [0.2, 0.25) is 0 Å². The first-order chi connectivity index (χ1) is 14.6. The molecule has 6 heteroatoms. The van der Waals surface area contributed by atoms with Crippen LogP contribution < -0.4 is 10.4 Å². The largest absolute Gasteiger partial charge is 0.506 e. The Kier molecular flexibility index (Phi) is 4.37. The minimum absolute atomic E-state index is 0.0995. The number of hydrogen-bond donors (Lipinski definition) is 2. The zero-order valence-corrected chi connectivity index (χ0v) is 17.5. The lowest BCUT2D eigenvalue weighted by molar-refractivity contribution is 0.415. The van der Waals surface area contributed by atoms with E-state index in [-0.39, 0.29) is 11.3 Å². The quantitative estimate of drug-likeness (QED) is 0.319. The van der Waals surface area contributed by atoms with Crippen molar-refractivity contribution >= 4 is 37.8 Å². The van der Waals surface area contributed by atoms with Gasteiger partial charge in [-0.05, 0) is 60.2 Å². The number of hydrogen-bond acceptors (Lipinski definition) is 4. The molecule has 0 aliphatic heterocycles. The molecule has 0 fully saturated rings. The van der Waals surface area contributed by atoms with Crippen LogP contribution in [0.15, 0.2) is 80.4 Å². The van der Waals surface area contributed by atoms with Crippen molar-refractivity contribution in [1.29, 1.82) is 0 Å². The van der Waals surface area contributed by atoms with E-state index in [4.69, 9.17) is 9.15 Å². The number of aromatic amines is 1. The second-order valence-corrected chi connectivity index (χ2v) is 7.82. The highest BCUT2D eigenvalue weighted by Gasteiger charge is 2.23. The molecule has 3 aromatic carbocycles. The van der Waals surface area contributed by atoms with Gasteiger partial charge in [0.25, 0.3) is 0 Å². The van der Waals surface area contributed by atoms with Crippen molar-refractivity contribution in [3.05, 3.63) is 81.6 Å². The zero-order chi connectivity index (χ0) is 20.8. The first-order valence-electron chi connectivity index (χ1n) is 9.27. The van der Waals surface area contributed by atoms with Gasteiger partial charge in [0, 0.05) is 20.9 Å². The Labute approximate surface area is 179 Å². The number of methoxy groups -OCH3 is 1. The molecule has 0 radical (unpaired) electrons. The lowest BCUT2D eigenvalue weighted by atomic mass is 9.97. The third-order valence-corrected chi connectivity index (χ3v) is 5.67. The van der Waals surface area contributed by atoms with Gasteiger partial charge >= 0.3 is 5.63 Å². The van der Waals surface area contributed by atoms with Gasteiger partial charge in [0.05, 0.1) is 18.2 Å². The van der Waals surface area contributed by atoms with Crippen LogP contribution in [-0.4, -0.2) is 17.2 Å². The maximum Gasteiger partial charge on any atom is 0.348 e. The van der Waals surface area contributed by atoms with Gasteiger partial charge in [-0.25, -0.2) is 4.79 Å². The molecule has 0 spiro atoms. The van der Waals surface area contributed by atoms with Crippen LogP contribution in [0.25, 0.3) is 44.3 Å². The van der Waals surface area contributed by atoms with Gasteiger partial charge in [0.15, 0.2) is 0 Å². The van der Waals surface area contributed by atoms with E-state index in [9.17, 15) is 9.90 Å². The third kappa shape index (κ3) is 2.88. The highest BCUT2D eigenvalue weighted by atomic mass is 79.9. The molecular weight excluding hydrogens is 446 g/mol. The predicted octanol–water partition coefficient (Wildman–Crippen LogP) is 6.09. The maximum absolute atomic E-state index is 13.0. The summed E-state index contributed by atoms with van der Waals surface area (Å²) in [5, 5.41) is 12.4. The van der Waals surface area contributed by atoms with E-state index in [1.165, 1.54) is 0 Å². The van der Waals surface area contributed by atoms with Crippen molar-refractivity contribution in [3.8, 4) is 33.9 Å². The summed E-state index contributed by atoms with van der Waals surface area (Å²) >= 11 is 3.51. The zero-order valence-electron chi connectivity index (χ0n) is 15.9. The fraction of sp³-hybridized carbons (Fsp3) is 0.0417. The summed E-state index contributed by atoms with van der Waals surface area (Å²) in [6.45, 7) is 0. The summed E-state index contributed by atoms with van der Waals surface area (Å²) in [6.07, 6.45) is 0. The minimum atomic E-state index is -0.596. The standard InChI is InChI=1S/C24H16BrNO4/c1-29-15-9-6-13(7-10-15)22-20(17-12-14(25)8-11-18(17)26-22)21-23(27)16-4-2-3-5-19(16)30-24(21)28/h2-12,26-27H,1H3. The highest BCUT2D eigenvalue weighted by molar-refractivity contribution is 9.10. The van der Waals surface area contributed by atoms with Crippen LogP contribution in [0.1, 0.15) is 0 Å². The van der Waals surface area contributed by atoms with E-state index in [1.54, 1.807) is 31.4 Å². The SMILES string of the molecule is COc1ccc(-c2[nH]c3ccc(Br)cc3c2-c2c(O)c3ccccc3oc2=O)cc1. The molecule has 0 aliphatic rings. The fourth-order valence-corrected chi connectivity index (χ4v) is 4.11. The van der Waals surface area contributed by atoms with E-state index < -0.39 is 5.63 Å². The van der Waals surface area contributed by atoms with E-state index in [0.29, 0.717) is 22.2 Å². The molecular formula is C24H16BrNO4. The summed E-state index contributed by atoms with van der Waals surface area (Å²) in [5.41, 5.74) is 2.87. The van der Waals surface area contributed by atoms with Crippen LogP contribution in [0.4, 0.5) is 0 Å². The highest BCUT2D eigenvalue weighted by Crippen LogP contribution is 2.43. The molecule has 0 saturated carbocycles. The topological polar surface area (TPSA) is 75.5 Å². The molecule has 2 N–H and O–H groups in total. The predicted molar refractivity (Wildman–Crippen MR) is 121 cm³/mol. The molecule has 2 aromatic heterocycles. The van der Waals surface area contributed by atoms with E-state index in [0.717, 1.165) is 26.7 Å². The number of rotatable bonds is 3. The molecule has 0 saturated heterocycles. The molecule has 30 heavy (non-hydrogen) atoms. The second-order valence-electron chi connectivity index (χ2n) is 6.90. The number of nitrogens with one attached hydrogen (secondary N) is 1. The van der Waals surface area contributed by atoms with Crippen molar-refractivity contribution in [2.24, 2.45) is 0 Å². The summed E-state index contributed by atoms with van der Waals surface area (Å²) in [4.78, 5) is 16.4. The van der Waals surface area contributed by atoms with E-state index in [2.05, 4.69) is 20.9 Å². The van der Waals surface area contributed by atoms with Crippen molar-refractivity contribution in [2.75, 3.05) is 7.11 Å². The van der Waals surface area contributed by atoms with Crippen molar-refractivity contribution in [1.82, 2.24) is 4.98 Å². The smallest absolute Gasteiger partial charge is 0.348 e. The second kappa shape index (κ2) is 7.07. The van der Waals surface area contributed by atoms with E-state index in [1.807, 2.05) is 42.5 Å². The normalized spacial score (nSPS) is 11.3. The van der Waals surface area contributed by atoms with Crippen LogP contribution in [0.5, 0.6) is 11.5 Å². The van der Waals surface area contributed by atoms with Crippen LogP contribution in [-0.2, 0) is 0 Å². The van der Waals surface area contributed by atoms with Crippen LogP contribution in [0.3, 0.4) is 0 Å². The Morgan fingerprint density at radius 1 is 0.967 bits per heavy atom. The number of halogens is 1. The monoisotopic (exact) mass is 461 g/mol. The Balaban J connectivity index is 1.89. The summed E-state index contributed by atoms with van der Waals surface area (Å²) < 4.78 is 11.7. The molecule has 5 rings (SSSR count). The molecule has 5 nitrogen and oxygen atoms in total. The Bertz CT molecular complexity index is 1470. The van der Waals surface area contributed by atoms with Gasteiger partial charge in [0.2, 0.25) is 0 Å². The molecule has 0 amide bonds. The average Bonchev–Trinajstić information content (AvgIpc) is 3.12. The number of ether oxygens (including phenoxy) is 1. The van der Waals surface area contributed by atoms with Gasteiger partial charge in [0.1, 0.15) is 22.6 Å². The Morgan fingerprint density at radius 3 is 2.50 bits per heavy atom. The van der Waals surface area contributed by atoms with Crippen LogP contribution in [0, 0.1) is 0 Å². The van der Waals surface area contributed by atoms with Gasteiger partial charge in [-0.3, -0.25) is 0 Å². The van der Waals surface area contributed by atoms with E-state index >= 15 is 0 Å². The van der Waals surface area contributed by atoms with Crippen molar-refractivity contribution in [3.63, 3.8) is 0 Å². The van der Waals surface area contributed by atoms with Crippen LogP contribution >= 0.6 is 15.9 Å². The number of para-hydroxylation sites is 1. The molecule has 2 heterocycles. The van der Waals surface area contributed by atoms with Crippen molar-refractivity contribution in [2.45, 2.75) is 0 Å². The molecule has 0 atom stereocenters. The number of benzene rings is 3.